The van der Waals surface area contributed by atoms with Crippen molar-refractivity contribution in [3.8, 4) is 0 Å². The maximum atomic E-state index is 12.5. The SMILES string of the molecule is O=C1/C(=C/c2ccc(Cl)cc2)SC(=S)N1CCC1CCCC1. The smallest absolute Gasteiger partial charge is 0.266 e. The average molecular weight is 352 g/mol. The molecule has 2 aliphatic rings. The van der Waals surface area contributed by atoms with Crippen LogP contribution >= 0.6 is 35.6 Å². The fourth-order valence-corrected chi connectivity index (χ4v) is 4.45. The first-order valence-electron chi connectivity index (χ1n) is 7.64. The molecule has 3 rings (SSSR count). The van der Waals surface area contributed by atoms with Crippen LogP contribution in [0.1, 0.15) is 37.7 Å². The van der Waals surface area contributed by atoms with E-state index in [2.05, 4.69) is 0 Å². The Hall–Kier alpha value is -0.840. The summed E-state index contributed by atoms with van der Waals surface area (Å²) in [5, 5.41) is 0.696. The maximum Gasteiger partial charge on any atom is 0.266 e. The minimum atomic E-state index is 0.0444. The van der Waals surface area contributed by atoms with Gasteiger partial charge in [0.05, 0.1) is 4.91 Å². The van der Waals surface area contributed by atoms with Crippen LogP contribution in [0.4, 0.5) is 0 Å². The van der Waals surface area contributed by atoms with Crippen LogP contribution in [0.15, 0.2) is 29.2 Å². The highest BCUT2D eigenvalue weighted by atomic mass is 35.5. The number of carbonyl (C=O) groups excluding carboxylic acids is 1. The van der Waals surface area contributed by atoms with E-state index in [0.717, 1.165) is 24.4 Å². The summed E-state index contributed by atoms with van der Waals surface area (Å²) in [5.74, 6) is 0.813. The van der Waals surface area contributed by atoms with E-state index in [1.807, 2.05) is 30.3 Å². The fraction of sp³-hybridized carbons (Fsp3) is 0.412. The molecule has 1 heterocycles. The topological polar surface area (TPSA) is 20.3 Å². The molecule has 22 heavy (non-hydrogen) atoms. The molecule has 1 amide bonds. The second-order valence-electron chi connectivity index (χ2n) is 5.82. The molecular weight excluding hydrogens is 334 g/mol. The lowest BCUT2D eigenvalue weighted by atomic mass is 10.0. The van der Waals surface area contributed by atoms with E-state index in [9.17, 15) is 4.79 Å². The second-order valence-corrected chi connectivity index (χ2v) is 7.94. The van der Waals surface area contributed by atoms with Crippen molar-refractivity contribution in [1.82, 2.24) is 4.90 Å². The van der Waals surface area contributed by atoms with Crippen molar-refractivity contribution in [3.05, 3.63) is 39.8 Å². The number of rotatable bonds is 4. The third-order valence-corrected chi connectivity index (χ3v) is 5.91. The van der Waals surface area contributed by atoms with Crippen molar-refractivity contribution in [3.63, 3.8) is 0 Å². The largest absolute Gasteiger partial charge is 0.293 e. The van der Waals surface area contributed by atoms with Gasteiger partial charge in [-0.2, -0.15) is 0 Å². The van der Waals surface area contributed by atoms with Crippen LogP contribution in [-0.2, 0) is 4.79 Å². The highest BCUT2D eigenvalue weighted by Gasteiger charge is 2.32. The Morgan fingerprint density at radius 1 is 1.27 bits per heavy atom. The number of nitrogens with zero attached hydrogens (tertiary/aromatic N) is 1. The molecule has 0 aromatic heterocycles. The molecule has 5 heteroatoms. The number of hydrogen-bond donors (Lipinski definition) is 0. The molecule has 1 aromatic carbocycles. The Morgan fingerprint density at radius 3 is 2.64 bits per heavy atom. The molecule has 1 saturated heterocycles. The predicted molar refractivity (Wildman–Crippen MR) is 97.9 cm³/mol. The second kappa shape index (κ2) is 7.16. The quantitative estimate of drug-likeness (QED) is 0.554. The van der Waals surface area contributed by atoms with Crippen LogP contribution in [0.3, 0.4) is 0 Å². The van der Waals surface area contributed by atoms with Crippen molar-refractivity contribution >= 4 is 51.9 Å². The summed E-state index contributed by atoms with van der Waals surface area (Å²) >= 11 is 12.7. The number of hydrogen-bond acceptors (Lipinski definition) is 3. The molecule has 1 saturated carbocycles. The molecule has 2 fully saturated rings. The molecule has 0 spiro atoms. The molecule has 1 aromatic rings. The normalized spacial score (nSPS) is 21.3. The molecule has 1 aliphatic carbocycles. The van der Waals surface area contributed by atoms with Gasteiger partial charge >= 0.3 is 0 Å². The molecule has 0 N–H and O–H groups in total. The molecular formula is C17H18ClNOS2. The number of thiocarbonyl (C=S) groups is 1. The van der Waals surface area contributed by atoms with Crippen LogP contribution in [0.2, 0.25) is 5.02 Å². The van der Waals surface area contributed by atoms with Gasteiger partial charge in [-0.05, 0) is 36.1 Å². The van der Waals surface area contributed by atoms with E-state index in [1.165, 1.54) is 37.4 Å². The van der Waals surface area contributed by atoms with Crippen molar-refractivity contribution in [1.29, 1.82) is 0 Å². The summed E-state index contributed by atoms with van der Waals surface area (Å²) < 4.78 is 0.684. The van der Waals surface area contributed by atoms with Crippen LogP contribution in [0, 0.1) is 5.92 Å². The Bertz CT molecular complexity index is 606. The lowest BCUT2D eigenvalue weighted by Gasteiger charge is -2.17. The molecule has 0 bridgehead atoms. The summed E-state index contributed by atoms with van der Waals surface area (Å²) in [5.41, 5.74) is 0.973. The standard InChI is InChI=1S/C17H18ClNOS2/c18-14-7-5-13(6-8-14)11-15-16(20)19(17(21)22-15)10-9-12-3-1-2-4-12/h5-8,11-12H,1-4,9-10H2/b15-11-. The van der Waals surface area contributed by atoms with Gasteiger partial charge in [-0.25, -0.2) is 0 Å². The number of benzene rings is 1. The van der Waals surface area contributed by atoms with E-state index >= 15 is 0 Å². The molecule has 116 valence electrons. The molecule has 0 radical (unpaired) electrons. The molecule has 0 unspecified atom stereocenters. The van der Waals surface area contributed by atoms with E-state index < -0.39 is 0 Å². The van der Waals surface area contributed by atoms with Crippen LogP contribution in [0.25, 0.3) is 6.08 Å². The third-order valence-electron chi connectivity index (χ3n) is 4.28. The summed E-state index contributed by atoms with van der Waals surface area (Å²) in [6, 6.07) is 7.48. The molecule has 1 aliphatic heterocycles. The van der Waals surface area contributed by atoms with Gasteiger partial charge in [-0.1, -0.05) is 73.4 Å². The predicted octanol–water partition coefficient (Wildman–Crippen LogP) is 5.12. The van der Waals surface area contributed by atoms with Gasteiger partial charge in [-0.3, -0.25) is 9.69 Å². The number of halogens is 1. The van der Waals surface area contributed by atoms with Gasteiger partial charge < -0.3 is 0 Å². The van der Waals surface area contributed by atoms with Crippen LogP contribution in [0.5, 0.6) is 0 Å². The lowest BCUT2D eigenvalue weighted by Crippen LogP contribution is -2.30. The first-order valence-corrected chi connectivity index (χ1v) is 9.25. The van der Waals surface area contributed by atoms with Crippen molar-refractivity contribution in [2.45, 2.75) is 32.1 Å². The number of amides is 1. The lowest BCUT2D eigenvalue weighted by molar-refractivity contribution is -0.122. The first kappa shape index (κ1) is 16.0. The van der Waals surface area contributed by atoms with E-state index in [-0.39, 0.29) is 5.91 Å². The minimum Gasteiger partial charge on any atom is -0.293 e. The van der Waals surface area contributed by atoms with E-state index in [4.69, 9.17) is 23.8 Å². The zero-order valence-corrected chi connectivity index (χ0v) is 14.6. The number of thioether (sulfide) groups is 1. The number of carbonyl (C=O) groups is 1. The van der Waals surface area contributed by atoms with E-state index in [0.29, 0.717) is 14.2 Å². The Morgan fingerprint density at radius 2 is 1.95 bits per heavy atom. The Kier molecular flexibility index (Phi) is 5.21. The Labute approximate surface area is 145 Å². The van der Waals surface area contributed by atoms with Gasteiger partial charge in [0.25, 0.3) is 5.91 Å². The van der Waals surface area contributed by atoms with Crippen molar-refractivity contribution in [2.75, 3.05) is 6.54 Å². The summed E-state index contributed by atoms with van der Waals surface area (Å²) in [7, 11) is 0. The van der Waals surface area contributed by atoms with Crippen LogP contribution in [-0.4, -0.2) is 21.7 Å². The highest BCUT2D eigenvalue weighted by molar-refractivity contribution is 8.26. The first-order chi connectivity index (χ1) is 10.6. The fourth-order valence-electron chi connectivity index (χ4n) is 3.01. The monoisotopic (exact) mass is 351 g/mol. The van der Waals surface area contributed by atoms with Gasteiger partial charge in [0.15, 0.2) is 0 Å². The van der Waals surface area contributed by atoms with Gasteiger partial charge in [-0.15, -0.1) is 0 Å². The summed E-state index contributed by atoms with van der Waals surface area (Å²) in [6.07, 6.45) is 8.23. The van der Waals surface area contributed by atoms with Crippen LogP contribution < -0.4 is 0 Å². The van der Waals surface area contributed by atoms with Gasteiger partial charge in [0.2, 0.25) is 0 Å². The molecule has 0 atom stereocenters. The minimum absolute atomic E-state index is 0.0444. The third kappa shape index (κ3) is 3.73. The zero-order valence-electron chi connectivity index (χ0n) is 12.3. The average Bonchev–Trinajstić information content (AvgIpc) is 3.10. The summed E-state index contributed by atoms with van der Waals surface area (Å²) in [6.45, 7) is 0.757. The van der Waals surface area contributed by atoms with E-state index in [1.54, 1.807) is 4.90 Å². The van der Waals surface area contributed by atoms with Gasteiger partial charge in [0.1, 0.15) is 4.32 Å². The maximum absolute atomic E-state index is 12.5. The van der Waals surface area contributed by atoms with Crippen molar-refractivity contribution < 1.29 is 4.79 Å². The highest BCUT2D eigenvalue weighted by Crippen LogP contribution is 2.34. The van der Waals surface area contributed by atoms with Gasteiger partial charge in [0, 0.05) is 11.6 Å². The molecule has 2 nitrogen and oxygen atoms in total. The summed E-state index contributed by atoms with van der Waals surface area (Å²) in [4.78, 5) is 15.0. The van der Waals surface area contributed by atoms with Crippen molar-refractivity contribution in [2.24, 2.45) is 5.92 Å². The zero-order chi connectivity index (χ0) is 15.5. The Balaban J connectivity index is 1.66.